The first-order chi connectivity index (χ1) is 9.58. The van der Waals surface area contributed by atoms with Gasteiger partial charge in [-0.05, 0) is 17.7 Å². The van der Waals surface area contributed by atoms with E-state index in [0.29, 0.717) is 17.0 Å². The van der Waals surface area contributed by atoms with Gasteiger partial charge in [0.1, 0.15) is 5.75 Å². The van der Waals surface area contributed by atoms with Gasteiger partial charge >= 0.3 is 10.8 Å². The van der Waals surface area contributed by atoms with Crippen LogP contribution in [-0.2, 0) is 16.0 Å². The van der Waals surface area contributed by atoms with E-state index in [0.717, 1.165) is 16.9 Å². The molecule has 106 valence electrons. The molecule has 0 spiro atoms. The van der Waals surface area contributed by atoms with Crippen LogP contribution in [0.25, 0.3) is 0 Å². The monoisotopic (exact) mass is 295 g/mol. The Morgan fingerprint density at radius 3 is 2.60 bits per heavy atom. The highest BCUT2D eigenvalue weighted by atomic mass is 32.1. The fraction of sp³-hybridized carbons (Fsp3) is 0.231. The Kier molecular flexibility index (Phi) is 4.41. The van der Waals surface area contributed by atoms with Gasteiger partial charge in [0, 0.05) is 6.42 Å². The largest absolute Gasteiger partial charge is 0.494 e. The number of hydrogen-bond donors (Lipinski definition) is 2. The Morgan fingerprint density at radius 1 is 1.35 bits per heavy atom. The Hall–Kier alpha value is -2.28. The van der Waals surface area contributed by atoms with E-state index < -0.39 is 5.97 Å². The van der Waals surface area contributed by atoms with Gasteiger partial charge in [0.05, 0.1) is 12.0 Å². The standard InChI is InChI=1S/C13H13NO5S/c1-18-11(15)7-19-9-4-2-8(3-5-9)6-10-12(16)14-13(17)20-10/h2-5,16H,6-7H2,1H3,(H,14,17). The van der Waals surface area contributed by atoms with Crippen LogP contribution in [0.3, 0.4) is 0 Å². The second-order valence-electron chi connectivity index (χ2n) is 3.97. The maximum Gasteiger partial charge on any atom is 0.343 e. The molecule has 1 aromatic carbocycles. The Bertz CT molecular complexity index is 644. The SMILES string of the molecule is COC(=O)COc1ccc(Cc2sc(=O)[nH]c2O)cc1. The van der Waals surface area contributed by atoms with Crippen LogP contribution >= 0.6 is 11.3 Å². The first-order valence-corrected chi connectivity index (χ1v) is 6.59. The zero-order chi connectivity index (χ0) is 14.5. The molecule has 0 aliphatic rings. The smallest absolute Gasteiger partial charge is 0.343 e. The maximum atomic E-state index is 11.1. The fourth-order valence-electron chi connectivity index (χ4n) is 1.56. The molecular weight excluding hydrogens is 282 g/mol. The van der Waals surface area contributed by atoms with Gasteiger partial charge in [-0.3, -0.25) is 9.78 Å². The van der Waals surface area contributed by atoms with Gasteiger partial charge in [-0.15, -0.1) is 0 Å². The summed E-state index contributed by atoms with van der Waals surface area (Å²) in [6.45, 7) is -0.143. The van der Waals surface area contributed by atoms with E-state index in [-0.39, 0.29) is 17.4 Å². The lowest BCUT2D eigenvalue weighted by atomic mass is 10.1. The third kappa shape index (κ3) is 3.61. The summed E-state index contributed by atoms with van der Waals surface area (Å²) in [5.41, 5.74) is 0.918. The number of carbonyl (C=O) groups excluding carboxylic acids is 1. The number of hydrogen-bond acceptors (Lipinski definition) is 6. The van der Waals surface area contributed by atoms with E-state index in [2.05, 4.69) is 9.72 Å². The maximum absolute atomic E-state index is 11.1. The van der Waals surface area contributed by atoms with Crippen LogP contribution in [0.2, 0.25) is 0 Å². The van der Waals surface area contributed by atoms with Gasteiger partial charge in [-0.25, -0.2) is 4.79 Å². The minimum Gasteiger partial charge on any atom is -0.494 e. The minimum absolute atomic E-state index is 0.0917. The van der Waals surface area contributed by atoms with E-state index in [1.807, 2.05) is 0 Å². The van der Waals surface area contributed by atoms with Gasteiger partial charge < -0.3 is 14.6 Å². The number of carbonyl (C=O) groups is 1. The summed E-state index contributed by atoms with van der Waals surface area (Å²) in [5.74, 6) is 0.00717. The second kappa shape index (κ2) is 6.25. The Labute approximate surface area is 118 Å². The fourth-order valence-corrected chi connectivity index (χ4v) is 2.32. The summed E-state index contributed by atoms with van der Waals surface area (Å²) in [6, 6.07) is 7.03. The van der Waals surface area contributed by atoms with Crippen molar-refractivity contribution in [1.29, 1.82) is 0 Å². The van der Waals surface area contributed by atoms with Crippen LogP contribution in [0.4, 0.5) is 0 Å². The number of methoxy groups -OCH3 is 1. The number of thiazole rings is 1. The molecule has 2 aromatic rings. The van der Waals surface area contributed by atoms with Crippen molar-refractivity contribution in [1.82, 2.24) is 4.98 Å². The molecule has 0 fully saturated rings. The van der Waals surface area contributed by atoms with Crippen molar-refractivity contribution in [3.63, 3.8) is 0 Å². The molecule has 6 nitrogen and oxygen atoms in total. The van der Waals surface area contributed by atoms with Crippen LogP contribution in [0.15, 0.2) is 29.1 Å². The number of aromatic amines is 1. The average molecular weight is 295 g/mol. The molecule has 0 amide bonds. The van der Waals surface area contributed by atoms with Crippen LogP contribution in [0, 0.1) is 0 Å². The highest BCUT2D eigenvalue weighted by Crippen LogP contribution is 2.21. The molecule has 0 bridgehead atoms. The molecule has 1 heterocycles. The molecule has 0 aliphatic heterocycles. The summed E-state index contributed by atoms with van der Waals surface area (Å²) in [7, 11) is 1.30. The number of rotatable bonds is 5. The first kappa shape index (κ1) is 14.1. The lowest BCUT2D eigenvalue weighted by molar-refractivity contribution is -0.142. The lowest BCUT2D eigenvalue weighted by Crippen LogP contribution is -2.12. The molecule has 20 heavy (non-hydrogen) atoms. The molecule has 0 atom stereocenters. The third-order valence-corrected chi connectivity index (χ3v) is 3.44. The summed E-state index contributed by atoms with van der Waals surface area (Å²) >= 11 is 0.977. The predicted octanol–water partition coefficient (Wildman–Crippen LogP) is 1.28. The van der Waals surface area contributed by atoms with Crippen LogP contribution < -0.4 is 9.61 Å². The number of esters is 1. The van der Waals surface area contributed by atoms with Crippen molar-refractivity contribution in [3.05, 3.63) is 44.4 Å². The summed E-state index contributed by atoms with van der Waals surface area (Å²) < 4.78 is 9.68. The highest BCUT2D eigenvalue weighted by molar-refractivity contribution is 7.09. The molecule has 7 heteroatoms. The van der Waals surface area contributed by atoms with Gasteiger partial charge in [-0.2, -0.15) is 0 Å². The average Bonchev–Trinajstić information content (AvgIpc) is 2.75. The van der Waals surface area contributed by atoms with Crippen molar-refractivity contribution < 1.29 is 19.4 Å². The predicted molar refractivity (Wildman–Crippen MR) is 73.4 cm³/mol. The topological polar surface area (TPSA) is 88.6 Å². The van der Waals surface area contributed by atoms with Gasteiger partial charge in [0.15, 0.2) is 6.61 Å². The number of H-pyrrole nitrogens is 1. The first-order valence-electron chi connectivity index (χ1n) is 5.78. The molecule has 0 saturated carbocycles. The molecule has 0 radical (unpaired) electrons. The number of nitrogens with one attached hydrogen (secondary N) is 1. The van der Waals surface area contributed by atoms with E-state index in [4.69, 9.17) is 4.74 Å². The molecule has 0 aliphatic carbocycles. The normalized spacial score (nSPS) is 10.2. The van der Waals surface area contributed by atoms with E-state index in [1.165, 1.54) is 7.11 Å². The van der Waals surface area contributed by atoms with Crippen LogP contribution in [0.5, 0.6) is 11.6 Å². The zero-order valence-corrected chi connectivity index (χ0v) is 11.5. The third-order valence-electron chi connectivity index (χ3n) is 2.57. The number of benzene rings is 1. The van der Waals surface area contributed by atoms with E-state index in [9.17, 15) is 14.7 Å². The van der Waals surface area contributed by atoms with Crippen molar-refractivity contribution in [3.8, 4) is 11.6 Å². The van der Waals surface area contributed by atoms with Crippen molar-refractivity contribution in [2.75, 3.05) is 13.7 Å². The van der Waals surface area contributed by atoms with Crippen molar-refractivity contribution in [2.24, 2.45) is 0 Å². The van der Waals surface area contributed by atoms with Crippen molar-refractivity contribution in [2.45, 2.75) is 6.42 Å². The Morgan fingerprint density at radius 2 is 2.05 bits per heavy atom. The summed E-state index contributed by atoms with van der Waals surface area (Å²) in [5, 5.41) is 9.50. The van der Waals surface area contributed by atoms with E-state index in [1.54, 1.807) is 24.3 Å². The summed E-state index contributed by atoms with van der Waals surface area (Å²) in [6.07, 6.45) is 0.451. The molecule has 1 aromatic heterocycles. The minimum atomic E-state index is -0.448. The zero-order valence-electron chi connectivity index (χ0n) is 10.7. The molecule has 2 N–H and O–H groups in total. The number of ether oxygens (including phenoxy) is 2. The Balaban J connectivity index is 1.99. The number of aromatic nitrogens is 1. The van der Waals surface area contributed by atoms with Crippen LogP contribution in [-0.4, -0.2) is 29.8 Å². The van der Waals surface area contributed by atoms with Gasteiger partial charge in [-0.1, -0.05) is 23.5 Å². The van der Waals surface area contributed by atoms with Crippen LogP contribution in [0.1, 0.15) is 10.4 Å². The van der Waals surface area contributed by atoms with E-state index >= 15 is 0 Å². The molecule has 0 saturated heterocycles. The van der Waals surface area contributed by atoms with Gasteiger partial charge in [0.2, 0.25) is 5.88 Å². The molecule has 0 unspecified atom stereocenters. The number of aromatic hydroxyl groups is 1. The lowest BCUT2D eigenvalue weighted by Gasteiger charge is -2.05. The van der Waals surface area contributed by atoms with Crippen molar-refractivity contribution >= 4 is 17.3 Å². The molecule has 2 rings (SSSR count). The summed E-state index contributed by atoms with van der Waals surface area (Å²) in [4.78, 5) is 24.6. The highest BCUT2D eigenvalue weighted by Gasteiger charge is 2.08. The molecular formula is C13H13NO5S. The quantitative estimate of drug-likeness (QED) is 0.811. The van der Waals surface area contributed by atoms with Gasteiger partial charge in [0.25, 0.3) is 0 Å². The second-order valence-corrected chi connectivity index (χ2v) is 5.04.